The Hall–Kier alpha value is -1.15. The third kappa shape index (κ3) is 9.16. The monoisotopic (exact) mass is 207 g/mol. The number of rotatable bonds is 7. The fraction of sp³-hybridized carbons (Fsp3) is 0.462. The lowest BCUT2D eigenvalue weighted by molar-refractivity contribution is -0.116. The summed E-state index contributed by atoms with van der Waals surface area (Å²) < 4.78 is 0. The molecule has 0 aliphatic rings. The second-order valence-electron chi connectivity index (χ2n) is 3.38. The van der Waals surface area contributed by atoms with E-state index >= 15 is 0 Å². The molecule has 15 heavy (non-hydrogen) atoms. The quantitative estimate of drug-likeness (QED) is 0.650. The van der Waals surface area contributed by atoms with Gasteiger partial charge in [-0.2, -0.15) is 0 Å². The van der Waals surface area contributed by atoms with Gasteiger partial charge in [0, 0.05) is 6.54 Å². The first kappa shape index (κ1) is 13.8. The van der Waals surface area contributed by atoms with Gasteiger partial charge in [0.1, 0.15) is 5.78 Å². The van der Waals surface area contributed by atoms with E-state index < -0.39 is 0 Å². The van der Waals surface area contributed by atoms with Crippen molar-refractivity contribution < 1.29 is 4.79 Å². The minimum atomic E-state index is 0.167. The lowest BCUT2D eigenvalue weighted by atomic mass is 10.2. The maximum atomic E-state index is 10.7. The first-order valence-electron chi connectivity index (χ1n) is 5.39. The highest BCUT2D eigenvalue weighted by molar-refractivity contribution is 5.77. The standard InChI is InChI=1S/C13H21NO/c1-4-6-8-13(9-7-5-2)11-14-10-12(3)15/h4,6-9,14H,5,10-11H2,1-3H3/b6-4-,9-7?,13-8+. The van der Waals surface area contributed by atoms with Gasteiger partial charge >= 0.3 is 0 Å². The Balaban J connectivity index is 4.13. The van der Waals surface area contributed by atoms with E-state index in [9.17, 15) is 4.79 Å². The van der Waals surface area contributed by atoms with Gasteiger partial charge in [-0.05, 0) is 25.8 Å². The van der Waals surface area contributed by atoms with E-state index in [1.807, 2.05) is 19.1 Å². The number of nitrogens with one attached hydrogen (secondary N) is 1. The van der Waals surface area contributed by atoms with Crippen LogP contribution in [0.1, 0.15) is 27.2 Å². The SMILES string of the molecule is C/C=C\C=C(/C=CCC)CNCC(C)=O. The van der Waals surface area contributed by atoms with Crippen LogP contribution in [0.5, 0.6) is 0 Å². The molecule has 0 fully saturated rings. The summed E-state index contributed by atoms with van der Waals surface area (Å²) in [6, 6.07) is 0. The van der Waals surface area contributed by atoms with Crippen LogP contribution in [-0.4, -0.2) is 18.9 Å². The molecule has 0 atom stereocenters. The molecule has 2 heteroatoms. The van der Waals surface area contributed by atoms with Gasteiger partial charge in [-0.3, -0.25) is 4.79 Å². The van der Waals surface area contributed by atoms with Crippen LogP contribution in [0.2, 0.25) is 0 Å². The number of hydrogen-bond donors (Lipinski definition) is 1. The van der Waals surface area contributed by atoms with Gasteiger partial charge in [-0.1, -0.05) is 37.3 Å². The van der Waals surface area contributed by atoms with Crippen LogP contribution >= 0.6 is 0 Å². The van der Waals surface area contributed by atoms with Gasteiger partial charge in [-0.15, -0.1) is 0 Å². The van der Waals surface area contributed by atoms with Crippen LogP contribution in [0.25, 0.3) is 0 Å². The summed E-state index contributed by atoms with van der Waals surface area (Å²) in [6.07, 6.45) is 11.3. The van der Waals surface area contributed by atoms with Gasteiger partial charge < -0.3 is 5.32 Å². The minimum Gasteiger partial charge on any atom is -0.306 e. The number of hydrogen-bond acceptors (Lipinski definition) is 2. The Morgan fingerprint density at radius 2 is 2.07 bits per heavy atom. The molecule has 0 aromatic carbocycles. The molecule has 0 rings (SSSR count). The summed E-state index contributed by atoms with van der Waals surface area (Å²) in [4.78, 5) is 10.7. The zero-order valence-electron chi connectivity index (χ0n) is 9.92. The molecule has 0 aliphatic heterocycles. The van der Waals surface area contributed by atoms with E-state index in [4.69, 9.17) is 0 Å². The average Bonchev–Trinajstić information content (AvgIpc) is 2.20. The molecule has 0 amide bonds. The summed E-state index contributed by atoms with van der Waals surface area (Å²) in [5.41, 5.74) is 1.19. The van der Waals surface area contributed by atoms with Gasteiger partial charge in [0.05, 0.1) is 6.54 Å². The van der Waals surface area contributed by atoms with Gasteiger partial charge in [-0.25, -0.2) is 0 Å². The van der Waals surface area contributed by atoms with Crippen LogP contribution in [0, 0.1) is 0 Å². The number of Topliss-reactive ketones (excluding diaryl/α,β-unsaturated/α-hetero) is 1. The fourth-order valence-corrected chi connectivity index (χ4v) is 1.05. The zero-order valence-corrected chi connectivity index (χ0v) is 9.92. The molecule has 0 saturated carbocycles. The van der Waals surface area contributed by atoms with Crippen molar-refractivity contribution in [3.63, 3.8) is 0 Å². The molecule has 1 N–H and O–H groups in total. The van der Waals surface area contributed by atoms with E-state index in [1.54, 1.807) is 6.92 Å². The molecule has 0 radical (unpaired) electrons. The van der Waals surface area contributed by atoms with E-state index in [-0.39, 0.29) is 5.78 Å². The molecule has 84 valence electrons. The van der Waals surface area contributed by atoms with Crippen molar-refractivity contribution in [3.05, 3.63) is 36.0 Å². The molecule has 0 unspecified atom stereocenters. The zero-order chi connectivity index (χ0) is 11.5. The Morgan fingerprint density at radius 3 is 2.60 bits per heavy atom. The highest BCUT2D eigenvalue weighted by atomic mass is 16.1. The van der Waals surface area contributed by atoms with Crippen LogP contribution in [-0.2, 0) is 4.79 Å². The van der Waals surface area contributed by atoms with Crippen LogP contribution < -0.4 is 5.32 Å². The van der Waals surface area contributed by atoms with E-state index in [0.717, 1.165) is 13.0 Å². The highest BCUT2D eigenvalue weighted by Crippen LogP contribution is 1.97. The van der Waals surface area contributed by atoms with Crippen molar-refractivity contribution in [2.24, 2.45) is 0 Å². The van der Waals surface area contributed by atoms with E-state index in [2.05, 4.69) is 30.5 Å². The molecular weight excluding hydrogens is 186 g/mol. The summed E-state index contributed by atoms with van der Waals surface area (Å²) in [5.74, 6) is 0.167. The predicted octanol–water partition coefficient (Wildman–Crippen LogP) is 2.63. The maximum absolute atomic E-state index is 10.7. The first-order valence-corrected chi connectivity index (χ1v) is 5.39. The molecule has 0 aromatic heterocycles. The smallest absolute Gasteiger partial charge is 0.143 e. The minimum absolute atomic E-state index is 0.167. The van der Waals surface area contributed by atoms with Gasteiger partial charge in [0.15, 0.2) is 0 Å². The second-order valence-corrected chi connectivity index (χ2v) is 3.38. The average molecular weight is 207 g/mol. The van der Waals surface area contributed by atoms with Crippen LogP contribution in [0.15, 0.2) is 36.0 Å². The van der Waals surface area contributed by atoms with Crippen molar-refractivity contribution in [1.82, 2.24) is 5.32 Å². The summed E-state index contributed by atoms with van der Waals surface area (Å²) in [6.45, 7) is 6.85. The number of ketones is 1. The van der Waals surface area contributed by atoms with E-state index in [0.29, 0.717) is 6.54 Å². The number of allylic oxidation sites excluding steroid dienone is 4. The molecule has 0 aliphatic carbocycles. The molecular formula is C13H21NO. The molecule has 0 bridgehead atoms. The molecule has 0 spiro atoms. The summed E-state index contributed by atoms with van der Waals surface area (Å²) in [7, 11) is 0. The Morgan fingerprint density at radius 1 is 1.33 bits per heavy atom. The first-order chi connectivity index (χ1) is 7.20. The molecule has 0 heterocycles. The normalized spacial score (nSPS) is 12.9. The van der Waals surface area contributed by atoms with Crippen molar-refractivity contribution in [1.29, 1.82) is 0 Å². The Kier molecular flexibility index (Phi) is 8.69. The largest absolute Gasteiger partial charge is 0.306 e. The van der Waals surface area contributed by atoms with Crippen molar-refractivity contribution in [2.45, 2.75) is 27.2 Å². The van der Waals surface area contributed by atoms with Crippen LogP contribution in [0.4, 0.5) is 0 Å². The maximum Gasteiger partial charge on any atom is 0.143 e. The van der Waals surface area contributed by atoms with Crippen molar-refractivity contribution in [2.75, 3.05) is 13.1 Å². The lowest BCUT2D eigenvalue weighted by Gasteiger charge is -2.02. The predicted molar refractivity (Wildman–Crippen MR) is 65.9 cm³/mol. The van der Waals surface area contributed by atoms with E-state index in [1.165, 1.54) is 5.57 Å². The topological polar surface area (TPSA) is 29.1 Å². The Labute approximate surface area is 92.8 Å². The van der Waals surface area contributed by atoms with Crippen molar-refractivity contribution in [3.8, 4) is 0 Å². The molecule has 0 saturated heterocycles. The highest BCUT2D eigenvalue weighted by Gasteiger charge is 1.93. The second kappa shape index (κ2) is 9.41. The van der Waals surface area contributed by atoms with Gasteiger partial charge in [0.2, 0.25) is 0 Å². The summed E-state index contributed by atoms with van der Waals surface area (Å²) >= 11 is 0. The van der Waals surface area contributed by atoms with Crippen molar-refractivity contribution >= 4 is 5.78 Å². The summed E-state index contributed by atoms with van der Waals surface area (Å²) in [5, 5.41) is 3.10. The number of carbonyl (C=O) groups is 1. The molecule has 0 aromatic rings. The third-order valence-corrected chi connectivity index (χ3v) is 1.77. The Bertz CT molecular complexity index is 262. The van der Waals surface area contributed by atoms with Gasteiger partial charge in [0.25, 0.3) is 0 Å². The molecule has 2 nitrogen and oxygen atoms in total. The number of carbonyl (C=O) groups excluding carboxylic acids is 1. The fourth-order valence-electron chi connectivity index (χ4n) is 1.05. The third-order valence-electron chi connectivity index (χ3n) is 1.77. The van der Waals surface area contributed by atoms with Crippen LogP contribution in [0.3, 0.4) is 0 Å². The lowest BCUT2D eigenvalue weighted by Crippen LogP contribution is -2.22.